The molecule has 0 bridgehead atoms. The normalized spacial score (nSPS) is 18.9. The fraction of sp³-hybridized carbons (Fsp3) is 0.562. The van der Waals surface area contributed by atoms with Crippen LogP contribution in [0.25, 0.3) is 0 Å². The number of benzene rings is 1. The first kappa shape index (κ1) is 16.0. The fourth-order valence-corrected chi connectivity index (χ4v) is 2.87. The molecule has 1 aliphatic rings. The molecule has 1 saturated heterocycles. The Labute approximate surface area is 131 Å². The highest BCUT2D eigenvalue weighted by atomic mass is 35.5. The average Bonchev–Trinajstić information content (AvgIpc) is 2.42. The Bertz CT molecular complexity index is 530. The molecule has 5 heteroatoms. The number of amides is 1. The van der Waals surface area contributed by atoms with E-state index < -0.39 is 0 Å². The second-order valence-electron chi connectivity index (χ2n) is 6.07. The topological polar surface area (TPSA) is 58.4 Å². The van der Waals surface area contributed by atoms with E-state index in [0.717, 1.165) is 18.7 Å². The maximum Gasteiger partial charge on any atom is 0.226 e. The molecule has 0 saturated carbocycles. The zero-order valence-corrected chi connectivity index (χ0v) is 13.7. The van der Waals surface area contributed by atoms with Gasteiger partial charge in [0.05, 0.1) is 22.1 Å². The van der Waals surface area contributed by atoms with Gasteiger partial charge in [-0.2, -0.15) is 0 Å². The summed E-state index contributed by atoms with van der Waals surface area (Å²) >= 11 is 6.21. The van der Waals surface area contributed by atoms with Gasteiger partial charge in [-0.1, -0.05) is 25.4 Å². The second kappa shape index (κ2) is 6.56. The number of nitrogens with two attached hydrogens (primary N) is 1. The zero-order valence-electron chi connectivity index (χ0n) is 12.9. The van der Waals surface area contributed by atoms with Gasteiger partial charge in [0.25, 0.3) is 0 Å². The summed E-state index contributed by atoms with van der Waals surface area (Å²) in [5.74, 6) is -0.129. The van der Waals surface area contributed by atoms with Gasteiger partial charge >= 0.3 is 0 Å². The molecule has 0 radical (unpaired) electrons. The van der Waals surface area contributed by atoms with E-state index in [2.05, 4.69) is 17.1 Å². The molecule has 1 aromatic rings. The summed E-state index contributed by atoms with van der Waals surface area (Å²) in [6, 6.07) is 4.09. The van der Waals surface area contributed by atoms with Crippen LogP contribution < -0.4 is 16.0 Å². The minimum Gasteiger partial charge on any atom is -0.397 e. The molecule has 1 aliphatic heterocycles. The van der Waals surface area contributed by atoms with Crippen molar-refractivity contribution in [2.24, 2.45) is 5.92 Å². The van der Waals surface area contributed by atoms with Crippen LogP contribution in [-0.4, -0.2) is 18.5 Å². The number of carbonyl (C=O) groups excluding carboxylic acids is 1. The molecule has 1 unspecified atom stereocenters. The largest absolute Gasteiger partial charge is 0.397 e. The van der Waals surface area contributed by atoms with Gasteiger partial charge in [-0.25, -0.2) is 0 Å². The summed E-state index contributed by atoms with van der Waals surface area (Å²) < 4.78 is 0. The highest BCUT2D eigenvalue weighted by Gasteiger charge is 2.22. The first-order valence-electron chi connectivity index (χ1n) is 7.56. The van der Waals surface area contributed by atoms with Gasteiger partial charge in [-0.15, -0.1) is 0 Å². The lowest BCUT2D eigenvalue weighted by atomic mass is 10.0. The van der Waals surface area contributed by atoms with Crippen molar-refractivity contribution >= 4 is 34.6 Å². The minimum absolute atomic E-state index is 0.0423. The molecule has 4 nitrogen and oxygen atoms in total. The van der Waals surface area contributed by atoms with Crippen LogP contribution in [0.5, 0.6) is 0 Å². The Hall–Kier alpha value is -1.42. The Morgan fingerprint density at radius 1 is 1.43 bits per heavy atom. The molecule has 2 rings (SSSR count). The van der Waals surface area contributed by atoms with Gasteiger partial charge in [0.1, 0.15) is 0 Å². The van der Waals surface area contributed by atoms with Crippen LogP contribution in [0.4, 0.5) is 17.1 Å². The van der Waals surface area contributed by atoms with E-state index in [1.165, 1.54) is 12.8 Å². The second-order valence-corrected chi connectivity index (χ2v) is 6.48. The van der Waals surface area contributed by atoms with Crippen molar-refractivity contribution in [1.82, 2.24) is 0 Å². The van der Waals surface area contributed by atoms with Crippen molar-refractivity contribution < 1.29 is 4.79 Å². The highest BCUT2D eigenvalue weighted by Crippen LogP contribution is 2.36. The third-order valence-electron chi connectivity index (χ3n) is 4.01. The van der Waals surface area contributed by atoms with Crippen LogP contribution >= 0.6 is 11.6 Å². The molecule has 3 N–H and O–H groups in total. The van der Waals surface area contributed by atoms with Crippen molar-refractivity contribution in [2.75, 3.05) is 22.5 Å². The van der Waals surface area contributed by atoms with E-state index in [0.29, 0.717) is 22.4 Å². The number of rotatable bonds is 3. The third kappa shape index (κ3) is 3.62. The number of hydrogen-bond acceptors (Lipinski definition) is 3. The van der Waals surface area contributed by atoms with Crippen LogP contribution in [0.3, 0.4) is 0 Å². The molecule has 0 aromatic heterocycles. The molecular formula is C16H24ClN3O. The number of anilines is 3. The number of nitrogens with zero attached hydrogens (tertiary/aromatic N) is 1. The number of halogens is 1. The predicted molar refractivity (Wildman–Crippen MR) is 90.0 cm³/mol. The summed E-state index contributed by atoms with van der Waals surface area (Å²) in [4.78, 5) is 14.2. The number of nitrogens with one attached hydrogen (secondary N) is 1. The molecule has 1 aromatic carbocycles. The van der Waals surface area contributed by atoms with Gasteiger partial charge in [0, 0.05) is 18.5 Å². The standard InChI is InChI=1S/C16H24ClN3O/c1-10(2)16(21)19-14-9-15(13(18)8-12(14)17)20-7-5-4-6-11(20)3/h8-11H,4-7,18H2,1-3H3,(H,19,21). The molecule has 0 aliphatic carbocycles. The Morgan fingerprint density at radius 3 is 2.76 bits per heavy atom. The van der Waals surface area contributed by atoms with Crippen LogP contribution in [0.15, 0.2) is 12.1 Å². The van der Waals surface area contributed by atoms with Crippen molar-refractivity contribution in [2.45, 2.75) is 46.1 Å². The summed E-state index contributed by atoms with van der Waals surface area (Å²) in [5, 5.41) is 3.36. The van der Waals surface area contributed by atoms with Gasteiger partial charge in [-0.05, 0) is 38.3 Å². The van der Waals surface area contributed by atoms with Crippen molar-refractivity contribution in [1.29, 1.82) is 0 Å². The van der Waals surface area contributed by atoms with Crippen molar-refractivity contribution in [3.05, 3.63) is 17.2 Å². The van der Waals surface area contributed by atoms with Crippen molar-refractivity contribution in [3.8, 4) is 0 Å². The van der Waals surface area contributed by atoms with E-state index in [1.807, 2.05) is 19.9 Å². The van der Waals surface area contributed by atoms with E-state index in [1.54, 1.807) is 6.07 Å². The van der Waals surface area contributed by atoms with Crippen LogP contribution in [0.2, 0.25) is 5.02 Å². The number of nitrogen functional groups attached to an aromatic ring is 1. The third-order valence-corrected chi connectivity index (χ3v) is 4.32. The van der Waals surface area contributed by atoms with E-state index in [-0.39, 0.29) is 11.8 Å². The smallest absolute Gasteiger partial charge is 0.226 e. The Balaban J connectivity index is 2.31. The molecular weight excluding hydrogens is 286 g/mol. The molecule has 1 heterocycles. The number of piperidine rings is 1. The Kier molecular flexibility index (Phi) is 4.99. The van der Waals surface area contributed by atoms with E-state index >= 15 is 0 Å². The maximum atomic E-state index is 11.9. The van der Waals surface area contributed by atoms with Crippen LogP contribution in [-0.2, 0) is 4.79 Å². The number of carbonyl (C=O) groups is 1. The van der Waals surface area contributed by atoms with Crippen LogP contribution in [0, 0.1) is 5.92 Å². The highest BCUT2D eigenvalue weighted by molar-refractivity contribution is 6.34. The maximum absolute atomic E-state index is 11.9. The monoisotopic (exact) mass is 309 g/mol. The zero-order chi connectivity index (χ0) is 15.6. The summed E-state index contributed by atoms with van der Waals surface area (Å²) in [5.41, 5.74) is 8.40. The van der Waals surface area contributed by atoms with E-state index in [9.17, 15) is 4.79 Å². The first-order chi connectivity index (χ1) is 9.90. The molecule has 116 valence electrons. The SMILES string of the molecule is CC(C)C(=O)Nc1cc(N2CCCCC2C)c(N)cc1Cl. The van der Waals surface area contributed by atoms with Gasteiger partial charge < -0.3 is 16.0 Å². The van der Waals surface area contributed by atoms with Gasteiger partial charge in [0.2, 0.25) is 5.91 Å². The number of hydrogen-bond donors (Lipinski definition) is 2. The quantitative estimate of drug-likeness (QED) is 0.833. The molecule has 21 heavy (non-hydrogen) atoms. The summed E-state index contributed by atoms with van der Waals surface area (Å²) in [7, 11) is 0. The van der Waals surface area contributed by atoms with E-state index in [4.69, 9.17) is 17.3 Å². The summed E-state index contributed by atoms with van der Waals surface area (Å²) in [6.07, 6.45) is 3.58. The first-order valence-corrected chi connectivity index (χ1v) is 7.94. The lowest BCUT2D eigenvalue weighted by molar-refractivity contribution is -0.118. The average molecular weight is 310 g/mol. The Morgan fingerprint density at radius 2 is 2.14 bits per heavy atom. The molecule has 1 fully saturated rings. The lowest BCUT2D eigenvalue weighted by Gasteiger charge is -2.36. The van der Waals surface area contributed by atoms with Gasteiger partial charge in [0.15, 0.2) is 0 Å². The molecule has 1 atom stereocenters. The summed E-state index contributed by atoms with van der Waals surface area (Å²) in [6.45, 7) is 6.91. The fourth-order valence-electron chi connectivity index (χ4n) is 2.65. The van der Waals surface area contributed by atoms with Crippen LogP contribution in [0.1, 0.15) is 40.0 Å². The lowest BCUT2D eigenvalue weighted by Crippen LogP contribution is -2.37. The predicted octanol–water partition coefficient (Wildman–Crippen LogP) is 3.90. The van der Waals surface area contributed by atoms with Crippen molar-refractivity contribution in [3.63, 3.8) is 0 Å². The molecule has 0 spiro atoms. The molecule has 1 amide bonds. The van der Waals surface area contributed by atoms with Gasteiger partial charge in [-0.3, -0.25) is 4.79 Å². The minimum atomic E-state index is -0.0871.